The van der Waals surface area contributed by atoms with E-state index >= 15 is 0 Å². The van der Waals surface area contributed by atoms with Crippen molar-refractivity contribution in [1.82, 2.24) is 4.90 Å². The number of carbonyl (C=O) groups excluding carboxylic acids is 1. The number of phenols is 1. The number of ether oxygens (including phenoxy) is 3. The standard InChI is InChI=1S/C30H32Cl2N2O5/c1-30(27-11-6-22(31)18-28(27)32)38-20-26(39-30)19-37-25-9-7-23(8-10-25)33-13-15-34(16-14-33)29(36)12-5-21-3-2-4-24(35)17-21/h2-4,6-11,17-18,26,35H,5,12-16,19-20H2,1H3/t26-,30+/m1/s1. The molecule has 2 fully saturated rings. The van der Waals surface area contributed by atoms with E-state index < -0.39 is 5.79 Å². The lowest BCUT2D eigenvalue weighted by atomic mass is 10.1. The van der Waals surface area contributed by atoms with Gasteiger partial charge in [0, 0.05) is 48.9 Å². The third-order valence-corrected chi connectivity index (χ3v) is 7.71. The highest BCUT2D eigenvalue weighted by Crippen LogP contribution is 2.38. The molecule has 3 aromatic rings. The van der Waals surface area contributed by atoms with Crippen LogP contribution in [0.25, 0.3) is 0 Å². The number of piperazine rings is 1. The largest absolute Gasteiger partial charge is 0.508 e. The third kappa shape index (κ3) is 6.79. The van der Waals surface area contributed by atoms with Crippen molar-refractivity contribution in [2.45, 2.75) is 31.7 Å². The molecule has 0 radical (unpaired) electrons. The number of halogens is 2. The number of carbonyl (C=O) groups is 1. The summed E-state index contributed by atoms with van der Waals surface area (Å²) in [7, 11) is 0. The number of rotatable bonds is 8. The maximum absolute atomic E-state index is 12.7. The Bertz CT molecular complexity index is 1300. The molecule has 1 N–H and O–H groups in total. The fourth-order valence-electron chi connectivity index (χ4n) is 5.00. The zero-order chi connectivity index (χ0) is 27.4. The Morgan fingerprint density at radius 2 is 1.82 bits per heavy atom. The van der Waals surface area contributed by atoms with Crippen LogP contribution in [0.1, 0.15) is 24.5 Å². The van der Waals surface area contributed by atoms with E-state index in [1.807, 2.05) is 48.2 Å². The number of anilines is 1. The summed E-state index contributed by atoms with van der Waals surface area (Å²) in [4.78, 5) is 16.9. The van der Waals surface area contributed by atoms with Gasteiger partial charge in [0.25, 0.3) is 0 Å². The van der Waals surface area contributed by atoms with Crippen LogP contribution < -0.4 is 9.64 Å². The minimum Gasteiger partial charge on any atom is -0.508 e. The van der Waals surface area contributed by atoms with Gasteiger partial charge in [0.1, 0.15) is 24.2 Å². The second-order valence-electron chi connectivity index (χ2n) is 9.96. The normalized spacial score (nSPS) is 21.3. The summed E-state index contributed by atoms with van der Waals surface area (Å²) in [6.45, 7) is 5.51. The topological polar surface area (TPSA) is 71.5 Å². The van der Waals surface area contributed by atoms with Gasteiger partial charge in [-0.05, 0) is 67.4 Å². The van der Waals surface area contributed by atoms with Crippen molar-refractivity contribution in [2.75, 3.05) is 44.3 Å². The Hall–Kier alpha value is -2.97. The molecule has 39 heavy (non-hydrogen) atoms. The van der Waals surface area contributed by atoms with Crippen molar-refractivity contribution in [3.63, 3.8) is 0 Å². The molecular weight excluding hydrogens is 539 g/mol. The maximum atomic E-state index is 12.7. The quantitative estimate of drug-likeness (QED) is 0.377. The summed E-state index contributed by atoms with van der Waals surface area (Å²) in [5.41, 5.74) is 2.80. The molecule has 0 aromatic heterocycles. The molecule has 3 aromatic carbocycles. The van der Waals surface area contributed by atoms with Crippen LogP contribution in [-0.2, 0) is 26.5 Å². The highest BCUT2D eigenvalue weighted by molar-refractivity contribution is 6.35. The van der Waals surface area contributed by atoms with E-state index in [0.717, 1.165) is 35.7 Å². The van der Waals surface area contributed by atoms with Crippen LogP contribution in [0.5, 0.6) is 11.5 Å². The number of amides is 1. The molecule has 206 valence electrons. The summed E-state index contributed by atoms with van der Waals surface area (Å²) in [6, 6.07) is 20.3. The number of nitrogens with zero attached hydrogens (tertiary/aromatic N) is 2. The van der Waals surface area contributed by atoms with Gasteiger partial charge in [-0.1, -0.05) is 41.4 Å². The average molecular weight is 572 g/mol. The van der Waals surface area contributed by atoms with Crippen molar-refractivity contribution in [3.8, 4) is 11.5 Å². The molecule has 0 bridgehead atoms. The van der Waals surface area contributed by atoms with Crippen molar-refractivity contribution >= 4 is 34.8 Å². The molecule has 0 unspecified atom stereocenters. The fourth-order valence-corrected chi connectivity index (χ4v) is 5.58. The molecule has 2 atom stereocenters. The van der Waals surface area contributed by atoms with Crippen LogP contribution in [0.2, 0.25) is 10.0 Å². The highest BCUT2D eigenvalue weighted by Gasteiger charge is 2.40. The molecule has 9 heteroatoms. The molecule has 1 amide bonds. The minimum absolute atomic E-state index is 0.147. The number of benzene rings is 3. The first-order chi connectivity index (χ1) is 18.8. The summed E-state index contributed by atoms with van der Waals surface area (Å²) >= 11 is 12.4. The maximum Gasteiger partial charge on any atom is 0.223 e. The van der Waals surface area contributed by atoms with Gasteiger partial charge in [0.15, 0.2) is 5.79 Å². The van der Waals surface area contributed by atoms with E-state index in [1.54, 1.807) is 30.3 Å². The zero-order valence-corrected chi connectivity index (χ0v) is 23.3. The summed E-state index contributed by atoms with van der Waals surface area (Å²) < 4.78 is 18.1. The minimum atomic E-state index is -0.951. The molecule has 2 aliphatic heterocycles. The molecular formula is C30H32Cl2N2O5. The van der Waals surface area contributed by atoms with Crippen LogP contribution in [0, 0.1) is 0 Å². The van der Waals surface area contributed by atoms with E-state index in [-0.39, 0.29) is 17.8 Å². The van der Waals surface area contributed by atoms with E-state index in [9.17, 15) is 9.90 Å². The second kappa shape index (κ2) is 12.0. The van der Waals surface area contributed by atoms with Gasteiger partial charge in [-0.3, -0.25) is 4.79 Å². The van der Waals surface area contributed by atoms with Gasteiger partial charge >= 0.3 is 0 Å². The van der Waals surface area contributed by atoms with Gasteiger partial charge < -0.3 is 29.1 Å². The number of hydrogen-bond donors (Lipinski definition) is 1. The first-order valence-corrected chi connectivity index (χ1v) is 13.9. The fraction of sp³-hybridized carbons (Fsp3) is 0.367. The number of hydrogen-bond acceptors (Lipinski definition) is 6. The Kier molecular flexibility index (Phi) is 8.52. The van der Waals surface area contributed by atoms with Gasteiger partial charge in [-0.15, -0.1) is 0 Å². The van der Waals surface area contributed by atoms with Crippen molar-refractivity contribution in [2.24, 2.45) is 0 Å². The lowest BCUT2D eigenvalue weighted by Crippen LogP contribution is -2.48. The van der Waals surface area contributed by atoms with E-state index in [4.69, 9.17) is 37.4 Å². The lowest BCUT2D eigenvalue weighted by molar-refractivity contribution is -0.164. The smallest absolute Gasteiger partial charge is 0.223 e. The van der Waals surface area contributed by atoms with Crippen molar-refractivity contribution in [1.29, 1.82) is 0 Å². The van der Waals surface area contributed by atoms with E-state index in [0.29, 0.717) is 49.2 Å². The van der Waals surface area contributed by atoms with Gasteiger partial charge in [-0.2, -0.15) is 0 Å². The molecule has 2 heterocycles. The monoisotopic (exact) mass is 570 g/mol. The molecule has 5 rings (SSSR count). The molecule has 0 saturated carbocycles. The second-order valence-corrected chi connectivity index (χ2v) is 10.8. The first-order valence-electron chi connectivity index (χ1n) is 13.1. The Morgan fingerprint density at radius 3 is 2.54 bits per heavy atom. The van der Waals surface area contributed by atoms with Crippen LogP contribution in [0.3, 0.4) is 0 Å². The van der Waals surface area contributed by atoms with Crippen LogP contribution in [0.4, 0.5) is 5.69 Å². The summed E-state index contributed by atoms with van der Waals surface area (Å²) in [5, 5.41) is 10.7. The SMILES string of the molecule is C[C@]1(c2ccc(Cl)cc2Cl)OC[C@@H](COc2ccc(N3CCN(C(=O)CCc4cccc(O)c4)CC3)cc2)O1. The number of aryl methyl sites for hydroxylation is 1. The molecule has 7 nitrogen and oxygen atoms in total. The van der Waals surface area contributed by atoms with Gasteiger partial charge in [0.2, 0.25) is 5.91 Å². The van der Waals surface area contributed by atoms with Gasteiger partial charge in [-0.25, -0.2) is 0 Å². The Morgan fingerprint density at radius 1 is 1.05 bits per heavy atom. The number of phenolic OH excluding ortho intramolecular Hbond substituents is 1. The number of aromatic hydroxyl groups is 1. The summed E-state index contributed by atoms with van der Waals surface area (Å²) in [5.74, 6) is 0.178. The predicted octanol–water partition coefficient (Wildman–Crippen LogP) is 5.65. The summed E-state index contributed by atoms with van der Waals surface area (Å²) in [6.07, 6.45) is 0.831. The van der Waals surface area contributed by atoms with Crippen LogP contribution in [0.15, 0.2) is 66.7 Å². The van der Waals surface area contributed by atoms with Crippen molar-refractivity contribution < 1.29 is 24.1 Å². The van der Waals surface area contributed by atoms with E-state index in [1.165, 1.54) is 0 Å². The van der Waals surface area contributed by atoms with Gasteiger partial charge in [0.05, 0.1) is 11.6 Å². The first kappa shape index (κ1) is 27.6. The predicted molar refractivity (Wildman–Crippen MR) is 152 cm³/mol. The van der Waals surface area contributed by atoms with Crippen LogP contribution in [-0.4, -0.2) is 61.4 Å². The Balaban J connectivity index is 1.06. The van der Waals surface area contributed by atoms with Crippen LogP contribution >= 0.6 is 23.2 Å². The molecule has 2 saturated heterocycles. The molecule has 0 aliphatic carbocycles. The van der Waals surface area contributed by atoms with E-state index in [2.05, 4.69) is 4.90 Å². The van der Waals surface area contributed by atoms with Crippen molar-refractivity contribution in [3.05, 3.63) is 87.9 Å². The third-order valence-electron chi connectivity index (χ3n) is 7.16. The lowest BCUT2D eigenvalue weighted by Gasteiger charge is -2.36. The highest BCUT2D eigenvalue weighted by atomic mass is 35.5. The average Bonchev–Trinajstić information content (AvgIpc) is 3.32. The molecule has 0 spiro atoms. The molecule has 2 aliphatic rings. The zero-order valence-electron chi connectivity index (χ0n) is 21.8. The Labute approximate surface area is 238 Å².